The predicted molar refractivity (Wildman–Crippen MR) is 85.1 cm³/mol. The molecule has 0 aromatic heterocycles. The van der Waals surface area contributed by atoms with Gasteiger partial charge in [-0.05, 0) is 32.4 Å². The first kappa shape index (κ1) is 17.2. The maximum atomic E-state index is 10.00. The van der Waals surface area contributed by atoms with Crippen LogP contribution in [0, 0.1) is 0 Å². The molecule has 0 saturated heterocycles. The lowest BCUT2D eigenvalue weighted by Gasteiger charge is -2.28. The lowest BCUT2D eigenvalue weighted by molar-refractivity contribution is 0.0132. The van der Waals surface area contributed by atoms with Gasteiger partial charge < -0.3 is 25.4 Å². The summed E-state index contributed by atoms with van der Waals surface area (Å²) in [5.41, 5.74) is 1.88. The van der Waals surface area contributed by atoms with E-state index in [1.54, 1.807) is 0 Å². The quantitative estimate of drug-likeness (QED) is 0.641. The molecule has 5 heteroatoms. The predicted octanol–water partition coefficient (Wildman–Crippen LogP) is 0.635. The maximum Gasteiger partial charge on any atom is 0.123 e. The number of β-amino-alcohol motifs (C(OH)–C–C–N with tert-alkyl or cyclic N) is 1. The largest absolute Gasteiger partial charge is 0.491 e. The minimum absolute atomic E-state index is 0.0485. The number of benzene rings is 1. The standard InChI is InChI=1S/C17H27NO4/c1-17(2,3)18-9-12(19)10-22-16-6-4-5-11-7-14(20)15(21)8-13(11)16/h4-6,12,14-15,18-21H,7-10H2,1-3H3/t12-,14?,15?/m1/s1. The summed E-state index contributed by atoms with van der Waals surface area (Å²) >= 11 is 0. The van der Waals surface area contributed by atoms with Gasteiger partial charge in [-0.2, -0.15) is 0 Å². The Morgan fingerprint density at radius 2 is 1.91 bits per heavy atom. The van der Waals surface area contributed by atoms with E-state index in [-0.39, 0.29) is 12.1 Å². The summed E-state index contributed by atoms with van der Waals surface area (Å²) in [6, 6.07) is 5.65. The number of aliphatic hydroxyl groups is 3. The highest BCUT2D eigenvalue weighted by Gasteiger charge is 2.27. The molecular formula is C17H27NO4. The first-order chi connectivity index (χ1) is 10.3. The molecule has 0 heterocycles. The van der Waals surface area contributed by atoms with Crippen LogP contribution in [0.4, 0.5) is 0 Å². The van der Waals surface area contributed by atoms with Crippen LogP contribution < -0.4 is 10.1 Å². The van der Waals surface area contributed by atoms with Crippen LogP contribution in [-0.4, -0.2) is 52.3 Å². The molecule has 22 heavy (non-hydrogen) atoms. The summed E-state index contributed by atoms with van der Waals surface area (Å²) in [6.45, 7) is 6.78. The minimum Gasteiger partial charge on any atom is -0.491 e. The van der Waals surface area contributed by atoms with Gasteiger partial charge in [0, 0.05) is 30.5 Å². The Labute approximate surface area is 131 Å². The van der Waals surface area contributed by atoms with Crippen molar-refractivity contribution in [3.8, 4) is 5.75 Å². The Hall–Kier alpha value is -1.14. The SMILES string of the molecule is CC(C)(C)NC[C@@H](O)COc1cccc2c1CC(O)C(O)C2. The Kier molecular flexibility index (Phi) is 5.45. The summed E-state index contributed by atoms with van der Waals surface area (Å²) in [7, 11) is 0. The van der Waals surface area contributed by atoms with Gasteiger partial charge in [-0.15, -0.1) is 0 Å². The van der Waals surface area contributed by atoms with E-state index in [0.29, 0.717) is 25.1 Å². The second kappa shape index (κ2) is 6.96. The number of nitrogens with one attached hydrogen (secondary N) is 1. The number of rotatable bonds is 5. The minimum atomic E-state index is -0.760. The average Bonchev–Trinajstić information content (AvgIpc) is 2.43. The van der Waals surface area contributed by atoms with Gasteiger partial charge in [0.2, 0.25) is 0 Å². The number of aliphatic hydroxyl groups excluding tert-OH is 3. The zero-order valence-corrected chi connectivity index (χ0v) is 13.5. The van der Waals surface area contributed by atoms with E-state index >= 15 is 0 Å². The molecule has 0 bridgehead atoms. The van der Waals surface area contributed by atoms with Crippen molar-refractivity contribution in [3.63, 3.8) is 0 Å². The van der Waals surface area contributed by atoms with Crippen LogP contribution >= 0.6 is 0 Å². The molecule has 5 nitrogen and oxygen atoms in total. The molecule has 124 valence electrons. The third-order valence-electron chi connectivity index (χ3n) is 3.82. The number of fused-ring (bicyclic) bond motifs is 1. The fourth-order valence-corrected chi connectivity index (χ4v) is 2.54. The first-order valence-electron chi connectivity index (χ1n) is 7.79. The smallest absolute Gasteiger partial charge is 0.123 e. The van der Waals surface area contributed by atoms with Gasteiger partial charge in [0.25, 0.3) is 0 Å². The molecule has 0 aliphatic heterocycles. The van der Waals surface area contributed by atoms with Crippen LogP contribution in [0.3, 0.4) is 0 Å². The van der Waals surface area contributed by atoms with Crippen LogP contribution in [0.25, 0.3) is 0 Å². The van der Waals surface area contributed by atoms with E-state index in [1.165, 1.54) is 0 Å². The van der Waals surface area contributed by atoms with Gasteiger partial charge >= 0.3 is 0 Å². The van der Waals surface area contributed by atoms with Crippen molar-refractivity contribution in [1.29, 1.82) is 0 Å². The number of ether oxygens (including phenoxy) is 1. The van der Waals surface area contributed by atoms with E-state index < -0.39 is 18.3 Å². The van der Waals surface area contributed by atoms with Crippen molar-refractivity contribution in [2.24, 2.45) is 0 Å². The molecule has 0 radical (unpaired) electrons. The summed E-state index contributed by atoms with van der Waals surface area (Å²) in [5.74, 6) is 0.679. The maximum absolute atomic E-state index is 10.00. The van der Waals surface area contributed by atoms with Gasteiger partial charge in [0.1, 0.15) is 18.5 Å². The van der Waals surface area contributed by atoms with Crippen molar-refractivity contribution < 1.29 is 20.1 Å². The lowest BCUT2D eigenvalue weighted by atomic mass is 9.87. The van der Waals surface area contributed by atoms with Crippen molar-refractivity contribution in [2.75, 3.05) is 13.2 Å². The number of hydrogen-bond acceptors (Lipinski definition) is 5. The normalized spacial score (nSPS) is 23.0. The fraction of sp³-hybridized carbons (Fsp3) is 0.647. The summed E-state index contributed by atoms with van der Waals surface area (Å²) in [5, 5.41) is 32.8. The molecule has 4 N–H and O–H groups in total. The third kappa shape index (κ3) is 4.68. The fourth-order valence-electron chi connectivity index (χ4n) is 2.54. The summed E-state index contributed by atoms with van der Waals surface area (Å²) in [4.78, 5) is 0. The molecular weight excluding hydrogens is 282 g/mol. The highest BCUT2D eigenvalue weighted by Crippen LogP contribution is 2.30. The molecule has 0 amide bonds. The summed E-state index contributed by atoms with van der Waals surface area (Å²) < 4.78 is 5.73. The van der Waals surface area contributed by atoms with Crippen molar-refractivity contribution in [2.45, 2.75) is 57.5 Å². The zero-order valence-electron chi connectivity index (χ0n) is 13.5. The van der Waals surface area contributed by atoms with E-state index in [1.807, 2.05) is 39.0 Å². The van der Waals surface area contributed by atoms with Gasteiger partial charge in [-0.1, -0.05) is 12.1 Å². The molecule has 1 aliphatic rings. The highest BCUT2D eigenvalue weighted by molar-refractivity contribution is 5.43. The first-order valence-corrected chi connectivity index (χ1v) is 7.79. The van der Waals surface area contributed by atoms with Crippen LogP contribution in [0.1, 0.15) is 31.9 Å². The zero-order chi connectivity index (χ0) is 16.3. The Balaban J connectivity index is 1.95. The highest BCUT2D eigenvalue weighted by atomic mass is 16.5. The number of hydrogen-bond donors (Lipinski definition) is 4. The van der Waals surface area contributed by atoms with Gasteiger partial charge in [-0.25, -0.2) is 0 Å². The van der Waals surface area contributed by atoms with Crippen LogP contribution in [0.2, 0.25) is 0 Å². The van der Waals surface area contributed by atoms with Crippen molar-refractivity contribution in [3.05, 3.63) is 29.3 Å². The molecule has 0 spiro atoms. The lowest BCUT2D eigenvalue weighted by Crippen LogP contribution is -2.42. The van der Waals surface area contributed by atoms with Gasteiger partial charge in [-0.3, -0.25) is 0 Å². The van der Waals surface area contributed by atoms with E-state index in [4.69, 9.17) is 4.74 Å². The summed E-state index contributed by atoms with van der Waals surface area (Å²) in [6.07, 6.45) is -1.27. The molecule has 0 fully saturated rings. The second-order valence-electron chi connectivity index (χ2n) is 7.03. The third-order valence-corrected chi connectivity index (χ3v) is 3.82. The molecule has 3 atom stereocenters. The topological polar surface area (TPSA) is 82.0 Å². The Morgan fingerprint density at radius 1 is 1.23 bits per heavy atom. The Bertz CT molecular complexity index is 498. The van der Waals surface area contributed by atoms with Crippen LogP contribution in [-0.2, 0) is 12.8 Å². The van der Waals surface area contributed by atoms with Crippen molar-refractivity contribution in [1.82, 2.24) is 5.32 Å². The molecule has 1 aromatic rings. The average molecular weight is 309 g/mol. The van der Waals surface area contributed by atoms with Gasteiger partial charge in [0.15, 0.2) is 0 Å². The van der Waals surface area contributed by atoms with E-state index in [2.05, 4.69) is 5.32 Å². The molecule has 2 rings (SSSR count). The Morgan fingerprint density at radius 3 is 2.59 bits per heavy atom. The van der Waals surface area contributed by atoms with Crippen LogP contribution in [0.5, 0.6) is 5.75 Å². The van der Waals surface area contributed by atoms with E-state index in [0.717, 1.165) is 11.1 Å². The molecule has 1 aliphatic carbocycles. The second-order valence-corrected chi connectivity index (χ2v) is 7.03. The molecule has 1 aromatic carbocycles. The monoisotopic (exact) mass is 309 g/mol. The van der Waals surface area contributed by atoms with Crippen LogP contribution in [0.15, 0.2) is 18.2 Å². The molecule has 2 unspecified atom stereocenters. The van der Waals surface area contributed by atoms with Gasteiger partial charge in [0.05, 0.1) is 12.2 Å². The molecule has 0 saturated carbocycles. The van der Waals surface area contributed by atoms with Crippen molar-refractivity contribution >= 4 is 0 Å². The van der Waals surface area contributed by atoms with E-state index in [9.17, 15) is 15.3 Å².